The maximum atomic E-state index is 10.4. The van der Waals surface area contributed by atoms with Gasteiger partial charge in [-0.1, -0.05) is 13.0 Å². The number of hydrogen-bond acceptors (Lipinski definition) is 2. The molecule has 0 heterocycles. The lowest BCUT2D eigenvalue weighted by Gasteiger charge is -1.99. The number of carbonyl (C=O) groups is 1. The van der Waals surface area contributed by atoms with Crippen LogP contribution in [0.4, 0.5) is 0 Å². The maximum Gasteiger partial charge on any atom is 0.150 e. The predicted octanol–water partition coefficient (Wildman–Crippen LogP) is 1.93. The van der Waals surface area contributed by atoms with Gasteiger partial charge in [-0.15, -0.1) is 0 Å². The molecule has 0 fully saturated rings. The lowest BCUT2D eigenvalue weighted by molar-refractivity contribution is 0.112. The van der Waals surface area contributed by atoms with E-state index >= 15 is 0 Å². The van der Waals surface area contributed by atoms with Gasteiger partial charge < -0.3 is 0 Å². The first-order chi connectivity index (χ1) is 5.81. The van der Waals surface area contributed by atoms with Crippen LogP contribution >= 0.6 is 0 Å². The summed E-state index contributed by atoms with van der Waals surface area (Å²) in [5.41, 5.74) is 2.22. The molecule has 12 heavy (non-hydrogen) atoms. The standard InChI is InChI=1S/C10H9NO/c1-2-9-5-8(7-12)3-4-10(9)6-11/h3-5,7H,2H2,1H3. The van der Waals surface area contributed by atoms with Crippen molar-refractivity contribution >= 4 is 6.29 Å². The van der Waals surface area contributed by atoms with Gasteiger partial charge in [0, 0.05) is 5.56 Å². The Bertz CT molecular complexity index is 336. The Morgan fingerprint density at radius 2 is 2.33 bits per heavy atom. The van der Waals surface area contributed by atoms with Gasteiger partial charge in [-0.2, -0.15) is 5.26 Å². The van der Waals surface area contributed by atoms with Crippen molar-refractivity contribution < 1.29 is 4.79 Å². The van der Waals surface area contributed by atoms with Gasteiger partial charge >= 0.3 is 0 Å². The van der Waals surface area contributed by atoms with Crippen molar-refractivity contribution in [1.29, 1.82) is 5.26 Å². The summed E-state index contributed by atoms with van der Waals surface area (Å²) in [5.74, 6) is 0. The van der Waals surface area contributed by atoms with E-state index in [1.807, 2.05) is 6.92 Å². The third-order valence-electron chi connectivity index (χ3n) is 1.77. The van der Waals surface area contributed by atoms with Crippen molar-refractivity contribution in [3.8, 4) is 6.07 Å². The van der Waals surface area contributed by atoms with Crippen molar-refractivity contribution in [2.75, 3.05) is 0 Å². The minimum Gasteiger partial charge on any atom is -0.298 e. The molecule has 0 unspecified atom stereocenters. The first-order valence-corrected chi connectivity index (χ1v) is 3.80. The molecule has 0 saturated carbocycles. The molecular weight excluding hydrogens is 150 g/mol. The largest absolute Gasteiger partial charge is 0.298 e. The third kappa shape index (κ3) is 1.51. The van der Waals surface area contributed by atoms with E-state index in [-0.39, 0.29) is 0 Å². The van der Waals surface area contributed by atoms with E-state index in [1.165, 1.54) is 0 Å². The molecule has 2 nitrogen and oxygen atoms in total. The van der Waals surface area contributed by atoms with Gasteiger partial charge in [-0.3, -0.25) is 4.79 Å². The molecule has 1 aromatic carbocycles. The second-order valence-electron chi connectivity index (χ2n) is 2.50. The molecule has 0 saturated heterocycles. The van der Waals surface area contributed by atoms with E-state index in [4.69, 9.17) is 5.26 Å². The molecule has 0 aliphatic rings. The Hall–Kier alpha value is -1.62. The van der Waals surface area contributed by atoms with Crippen LogP contribution < -0.4 is 0 Å². The predicted molar refractivity (Wildman–Crippen MR) is 45.9 cm³/mol. The van der Waals surface area contributed by atoms with Crippen LogP contribution in [-0.2, 0) is 6.42 Å². The normalized spacial score (nSPS) is 9.00. The highest BCUT2D eigenvalue weighted by Gasteiger charge is 1.99. The van der Waals surface area contributed by atoms with Crippen LogP contribution in [0, 0.1) is 11.3 Å². The van der Waals surface area contributed by atoms with Crippen molar-refractivity contribution in [3.63, 3.8) is 0 Å². The molecule has 60 valence electrons. The Morgan fingerprint density at radius 3 is 2.83 bits per heavy atom. The molecule has 2 heteroatoms. The second kappa shape index (κ2) is 3.68. The molecule has 0 aromatic heterocycles. The summed E-state index contributed by atoms with van der Waals surface area (Å²) >= 11 is 0. The van der Waals surface area contributed by atoms with Crippen LogP contribution in [0.5, 0.6) is 0 Å². The van der Waals surface area contributed by atoms with Gasteiger partial charge in [-0.25, -0.2) is 0 Å². The number of aldehydes is 1. The topological polar surface area (TPSA) is 40.9 Å². The van der Waals surface area contributed by atoms with E-state index in [0.717, 1.165) is 18.3 Å². The van der Waals surface area contributed by atoms with Crippen LogP contribution in [0.2, 0.25) is 0 Å². The first-order valence-electron chi connectivity index (χ1n) is 3.80. The Kier molecular flexibility index (Phi) is 2.60. The van der Waals surface area contributed by atoms with Crippen LogP contribution in [0.3, 0.4) is 0 Å². The lowest BCUT2D eigenvalue weighted by atomic mass is 10.0. The smallest absolute Gasteiger partial charge is 0.150 e. The van der Waals surface area contributed by atoms with E-state index in [2.05, 4.69) is 6.07 Å². The summed E-state index contributed by atoms with van der Waals surface area (Å²) in [4.78, 5) is 10.4. The van der Waals surface area contributed by atoms with Crippen molar-refractivity contribution in [1.82, 2.24) is 0 Å². The summed E-state index contributed by atoms with van der Waals surface area (Å²) in [5, 5.41) is 8.67. The summed E-state index contributed by atoms with van der Waals surface area (Å²) in [6.07, 6.45) is 1.57. The van der Waals surface area contributed by atoms with Gasteiger partial charge in [0.1, 0.15) is 6.29 Å². The minimum atomic E-state index is 0.630. The molecule has 0 radical (unpaired) electrons. The van der Waals surface area contributed by atoms with E-state index < -0.39 is 0 Å². The van der Waals surface area contributed by atoms with Crippen LogP contribution in [0.25, 0.3) is 0 Å². The number of benzene rings is 1. The van der Waals surface area contributed by atoms with Gasteiger partial charge in [-0.05, 0) is 24.1 Å². The molecule has 1 aromatic rings. The molecule has 0 N–H and O–H groups in total. The average Bonchev–Trinajstić information content (AvgIpc) is 2.16. The fraction of sp³-hybridized carbons (Fsp3) is 0.200. The Balaban J connectivity index is 3.21. The fourth-order valence-corrected chi connectivity index (χ4v) is 1.09. The number of aryl methyl sites for hydroxylation is 1. The number of rotatable bonds is 2. The van der Waals surface area contributed by atoms with Crippen LogP contribution in [0.1, 0.15) is 28.4 Å². The molecule has 0 aliphatic heterocycles. The number of nitrogens with zero attached hydrogens (tertiary/aromatic N) is 1. The first kappa shape index (κ1) is 8.48. The maximum absolute atomic E-state index is 10.4. The molecule has 0 aliphatic carbocycles. The molecule has 1 rings (SSSR count). The van der Waals surface area contributed by atoms with E-state index in [0.29, 0.717) is 11.1 Å². The average molecular weight is 159 g/mol. The quantitative estimate of drug-likeness (QED) is 0.618. The third-order valence-corrected chi connectivity index (χ3v) is 1.77. The summed E-state index contributed by atoms with van der Waals surface area (Å²) in [7, 11) is 0. The summed E-state index contributed by atoms with van der Waals surface area (Å²) in [6.45, 7) is 1.96. The van der Waals surface area contributed by atoms with Gasteiger partial charge in [0.05, 0.1) is 11.6 Å². The molecule has 0 amide bonds. The zero-order valence-corrected chi connectivity index (χ0v) is 6.87. The second-order valence-corrected chi connectivity index (χ2v) is 2.50. The van der Waals surface area contributed by atoms with E-state index in [1.54, 1.807) is 18.2 Å². The number of hydrogen-bond donors (Lipinski definition) is 0. The number of carbonyl (C=O) groups excluding carboxylic acids is 1. The highest BCUT2D eigenvalue weighted by Crippen LogP contribution is 2.10. The van der Waals surface area contributed by atoms with E-state index in [9.17, 15) is 4.79 Å². The van der Waals surface area contributed by atoms with Crippen LogP contribution in [0.15, 0.2) is 18.2 Å². The molecule has 0 atom stereocenters. The van der Waals surface area contributed by atoms with Crippen molar-refractivity contribution in [2.24, 2.45) is 0 Å². The molecule has 0 spiro atoms. The SMILES string of the molecule is CCc1cc(C=O)ccc1C#N. The Morgan fingerprint density at radius 1 is 1.58 bits per heavy atom. The Labute approximate surface area is 71.4 Å². The van der Waals surface area contributed by atoms with Gasteiger partial charge in [0.15, 0.2) is 0 Å². The number of nitriles is 1. The monoisotopic (exact) mass is 159 g/mol. The van der Waals surface area contributed by atoms with Crippen molar-refractivity contribution in [3.05, 3.63) is 34.9 Å². The van der Waals surface area contributed by atoms with Gasteiger partial charge in [0.2, 0.25) is 0 Å². The highest BCUT2D eigenvalue weighted by atomic mass is 16.1. The zero-order valence-electron chi connectivity index (χ0n) is 6.87. The fourth-order valence-electron chi connectivity index (χ4n) is 1.09. The van der Waals surface area contributed by atoms with Crippen LogP contribution in [-0.4, -0.2) is 6.29 Å². The molecular formula is C10H9NO. The van der Waals surface area contributed by atoms with Gasteiger partial charge in [0.25, 0.3) is 0 Å². The summed E-state index contributed by atoms with van der Waals surface area (Å²) in [6, 6.07) is 7.18. The zero-order chi connectivity index (χ0) is 8.97. The lowest BCUT2D eigenvalue weighted by Crippen LogP contribution is -1.89. The van der Waals surface area contributed by atoms with Crippen molar-refractivity contribution in [2.45, 2.75) is 13.3 Å². The minimum absolute atomic E-state index is 0.630. The summed E-state index contributed by atoms with van der Waals surface area (Å²) < 4.78 is 0. The highest BCUT2D eigenvalue weighted by molar-refractivity contribution is 5.75. The molecule has 0 bridgehead atoms.